The van der Waals surface area contributed by atoms with Crippen LogP contribution in [-0.4, -0.2) is 28.2 Å². The minimum absolute atomic E-state index is 0.0142. The van der Waals surface area contributed by atoms with Gasteiger partial charge in [-0.1, -0.05) is 6.07 Å². The first-order valence-corrected chi connectivity index (χ1v) is 6.75. The Kier molecular flexibility index (Phi) is 2.69. The fourth-order valence-corrected chi connectivity index (χ4v) is 2.57. The summed E-state index contributed by atoms with van der Waals surface area (Å²) in [7, 11) is 0. The third-order valence-corrected chi connectivity index (χ3v) is 3.56. The molecular formula is C16H11N3O3. The maximum absolute atomic E-state index is 11.5. The molecule has 0 radical (unpaired) electrons. The zero-order chi connectivity index (χ0) is 15.1. The number of benzene rings is 1. The average Bonchev–Trinajstić information content (AvgIpc) is 2.92. The number of pyridine rings is 1. The Hall–Kier alpha value is -3.15. The van der Waals surface area contributed by atoms with E-state index in [-0.39, 0.29) is 12.5 Å². The van der Waals surface area contributed by atoms with E-state index in [1.54, 1.807) is 22.7 Å². The predicted molar refractivity (Wildman–Crippen MR) is 80.1 cm³/mol. The minimum atomic E-state index is -0.199. The molecule has 6 heteroatoms. The van der Waals surface area contributed by atoms with Crippen molar-refractivity contribution in [2.24, 2.45) is 0 Å². The molecule has 1 aromatic carbocycles. The van der Waals surface area contributed by atoms with E-state index in [9.17, 15) is 9.59 Å². The van der Waals surface area contributed by atoms with Gasteiger partial charge in [-0.2, -0.15) is 0 Å². The number of hydrogen-bond acceptors (Lipinski definition) is 4. The number of fused-ring (bicyclic) bond motifs is 2. The van der Waals surface area contributed by atoms with Crippen LogP contribution in [0, 0.1) is 0 Å². The van der Waals surface area contributed by atoms with Gasteiger partial charge in [0.25, 0.3) is 5.91 Å². The Morgan fingerprint density at radius 2 is 2.18 bits per heavy atom. The quantitative estimate of drug-likeness (QED) is 0.735. The number of rotatable bonds is 2. The van der Waals surface area contributed by atoms with Crippen molar-refractivity contribution < 1.29 is 14.3 Å². The van der Waals surface area contributed by atoms with E-state index < -0.39 is 0 Å². The lowest BCUT2D eigenvalue weighted by atomic mass is 10.1. The van der Waals surface area contributed by atoms with Crippen LogP contribution in [-0.2, 0) is 4.79 Å². The molecule has 108 valence electrons. The first-order valence-electron chi connectivity index (χ1n) is 6.75. The highest BCUT2D eigenvalue weighted by Crippen LogP contribution is 2.33. The predicted octanol–water partition coefficient (Wildman–Crippen LogP) is 2.14. The number of carbonyl (C=O) groups excluding carboxylic acids is 2. The van der Waals surface area contributed by atoms with Crippen molar-refractivity contribution in [3.63, 3.8) is 0 Å². The molecule has 3 heterocycles. The summed E-state index contributed by atoms with van der Waals surface area (Å²) in [6, 6.07) is 10.9. The summed E-state index contributed by atoms with van der Waals surface area (Å²) in [5, 5.41) is 2.75. The molecule has 1 aliphatic rings. The normalized spacial score (nSPS) is 13.4. The fourth-order valence-electron chi connectivity index (χ4n) is 2.57. The number of aromatic nitrogens is 2. The number of amides is 1. The van der Waals surface area contributed by atoms with E-state index in [1.807, 2.05) is 24.3 Å². The Balaban J connectivity index is 1.90. The van der Waals surface area contributed by atoms with E-state index in [0.717, 1.165) is 11.8 Å². The van der Waals surface area contributed by atoms with Gasteiger partial charge in [0.05, 0.1) is 5.69 Å². The molecule has 3 aromatic rings. The van der Waals surface area contributed by atoms with E-state index in [0.29, 0.717) is 28.5 Å². The van der Waals surface area contributed by atoms with Crippen LogP contribution in [0.2, 0.25) is 0 Å². The lowest BCUT2D eigenvalue weighted by Crippen LogP contribution is -2.25. The first kappa shape index (κ1) is 12.6. The highest BCUT2D eigenvalue weighted by molar-refractivity contribution is 5.96. The van der Waals surface area contributed by atoms with Gasteiger partial charge in [-0.3, -0.25) is 14.0 Å². The van der Waals surface area contributed by atoms with Crippen LogP contribution >= 0.6 is 0 Å². The molecule has 0 bridgehead atoms. The lowest BCUT2D eigenvalue weighted by Gasteiger charge is -2.18. The fraction of sp³-hybridized carbons (Fsp3) is 0.0625. The number of ether oxygens (including phenoxy) is 1. The largest absolute Gasteiger partial charge is 0.482 e. The summed E-state index contributed by atoms with van der Waals surface area (Å²) in [5.41, 5.74) is 3.07. The summed E-state index contributed by atoms with van der Waals surface area (Å²) in [6.45, 7) is 0.0142. The molecule has 2 aromatic heterocycles. The third-order valence-electron chi connectivity index (χ3n) is 3.56. The molecule has 0 fully saturated rings. The molecular weight excluding hydrogens is 282 g/mol. The smallest absolute Gasteiger partial charge is 0.262 e. The van der Waals surface area contributed by atoms with Gasteiger partial charge in [0.2, 0.25) is 0 Å². The molecule has 22 heavy (non-hydrogen) atoms. The molecule has 1 amide bonds. The number of nitrogens with zero attached hydrogens (tertiary/aromatic N) is 2. The molecule has 0 atom stereocenters. The van der Waals surface area contributed by atoms with Crippen LogP contribution in [0.15, 0.2) is 42.6 Å². The van der Waals surface area contributed by atoms with Crippen LogP contribution in [0.25, 0.3) is 16.9 Å². The summed E-state index contributed by atoms with van der Waals surface area (Å²) in [6.07, 6.45) is 2.57. The van der Waals surface area contributed by atoms with Crippen molar-refractivity contribution >= 4 is 23.5 Å². The van der Waals surface area contributed by atoms with E-state index >= 15 is 0 Å². The highest BCUT2D eigenvalue weighted by atomic mass is 16.5. The van der Waals surface area contributed by atoms with Gasteiger partial charge >= 0.3 is 0 Å². The van der Waals surface area contributed by atoms with Crippen molar-refractivity contribution in [3.8, 4) is 17.0 Å². The van der Waals surface area contributed by atoms with Gasteiger partial charge in [0, 0.05) is 11.8 Å². The minimum Gasteiger partial charge on any atom is -0.482 e. The Morgan fingerprint density at radius 3 is 3.05 bits per heavy atom. The second-order valence-electron chi connectivity index (χ2n) is 4.94. The summed E-state index contributed by atoms with van der Waals surface area (Å²) in [4.78, 5) is 27.4. The molecule has 1 aliphatic heterocycles. The maximum Gasteiger partial charge on any atom is 0.262 e. The maximum atomic E-state index is 11.5. The Morgan fingerprint density at radius 1 is 1.27 bits per heavy atom. The zero-order valence-electron chi connectivity index (χ0n) is 11.4. The molecule has 0 saturated heterocycles. The van der Waals surface area contributed by atoms with Gasteiger partial charge in [-0.05, 0) is 30.3 Å². The molecule has 6 nitrogen and oxygen atoms in total. The number of aldehydes is 1. The number of nitrogens with one attached hydrogen (secondary N) is 1. The van der Waals surface area contributed by atoms with Gasteiger partial charge in [0.15, 0.2) is 12.9 Å². The van der Waals surface area contributed by atoms with Crippen molar-refractivity contribution in [2.45, 2.75) is 0 Å². The van der Waals surface area contributed by atoms with Crippen LogP contribution < -0.4 is 10.1 Å². The van der Waals surface area contributed by atoms with Gasteiger partial charge in [-0.15, -0.1) is 0 Å². The van der Waals surface area contributed by atoms with Gasteiger partial charge < -0.3 is 10.1 Å². The number of imidazole rings is 1. The topological polar surface area (TPSA) is 72.7 Å². The monoisotopic (exact) mass is 293 g/mol. The zero-order valence-corrected chi connectivity index (χ0v) is 11.4. The van der Waals surface area contributed by atoms with Crippen molar-refractivity contribution in [1.82, 2.24) is 9.38 Å². The standard InChI is InChI=1S/C16H11N3O3/c20-8-12-16(18-14-3-1-2-6-19(12)14)10-4-5-13-11(7-10)17-15(21)9-22-13/h1-8H,9H2,(H,17,21). The van der Waals surface area contributed by atoms with Gasteiger partial charge in [-0.25, -0.2) is 4.98 Å². The molecule has 1 N–H and O–H groups in total. The van der Waals surface area contributed by atoms with Crippen LogP contribution in [0.4, 0.5) is 5.69 Å². The van der Waals surface area contributed by atoms with Crippen molar-refractivity contribution in [2.75, 3.05) is 11.9 Å². The van der Waals surface area contributed by atoms with Crippen molar-refractivity contribution in [3.05, 3.63) is 48.3 Å². The van der Waals surface area contributed by atoms with Crippen molar-refractivity contribution in [1.29, 1.82) is 0 Å². The van der Waals surface area contributed by atoms with E-state index in [4.69, 9.17) is 4.74 Å². The van der Waals surface area contributed by atoms with Gasteiger partial charge in [0.1, 0.15) is 22.8 Å². The first-order chi connectivity index (χ1) is 10.8. The van der Waals surface area contributed by atoms with E-state index in [1.165, 1.54) is 0 Å². The van der Waals surface area contributed by atoms with E-state index in [2.05, 4.69) is 10.3 Å². The number of anilines is 1. The molecule has 0 spiro atoms. The SMILES string of the molecule is O=Cc1c(-c2ccc3c(c2)NC(=O)CO3)nc2ccccn12. The highest BCUT2D eigenvalue weighted by Gasteiger charge is 2.19. The van der Waals surface area contributed by atoms with Crippen LogP contribution in [0.5, 0.6) is 5.75 Å². The molecule has 4 rings (SSSR count). The second-order valence-corrected chi connectivity index (χ2v) is 4.94. The lowest BCUT2D eigenvalue weighted by molar-refractivity contribution is -0.118. The molecule has 0 aliphatic carbocycles. The average molecular weight is 293 g/mol. The Labute approximate surface area is 125 Å². The van der Waals surface area contributed by atoms with Crippen LogP contribution in [0.1, 0.15) is 10.5 Å². The third kappa shape index (κ3) is 1.85. The summed E-state index contributed by atoms with van der Waals surface area (Å²) < 4.78 is 7.07. The summed E-state index contributed by atoms with van der Waals surface area (Å²) >= 11 is 0. The number of carbonyl (C=O) groups is 2. The molecule has 0 unspecified atom stereocenters. The van der Waals surface area contributed by atoms with Crippen LogP contribution in [0.3, 0.4) is 0 Å². The second kappa shape index (κ2) is 4.70. The molecule has 0 saturated carbocycles. The summed E-state index contributed by atoms with van der Waals surface area (Å²) in [5.74, 6) is 0.412. The number of hydrogen-bond donors (Lipinski definition) is 1. The Bertz CT molecular complexity index is 914.